The molecule has 0 spiro atoms. The number of fused-ring (bicyclic) bond motifs is 1. The number of aromatic amines is 1. The number of aromatic nitrogens is 3. The molecule has 3 rings (SSSR count). The number of nitrogens with one attached hydrogen (secondary N) is 3. The quantitative estimate of drug-likeness (QED) is 0.698. The highest BCUT2D eigenvalue weighted by atomic mass is 16.2. The van der Waals surface area contributed by atoms with Gasteiger partial charge in [-0.15, -0.1) is 0 Å². The first-order valence-electron chi connectivity index (χ1n) is 7.80. The number of nitrogen functional groups attached to an aromatic ring is 1. The lowest BCUT2D eigenvalue weighted by molar-refractivity contribution is 0.235. The van der Waals surface area contributed by atoms with E-state index >= 15 is 0 Å². The molecule has 118 valence electrons. The zero-order valence-electron chi connectivity index (χ0n) is 12.7. The van der Waals surface area contributed by atoms with Crippen LogP contribution in [-0.4, -0.2) is 27.3 Å². The van der Waals surface area contributed by atoms with Crippen molar-refractivity contribution >= 4 is 28.6 Å². The minimum atomic E-state index is -0.225. The molecule has 0 bridgehead atoms. The van der Waals surface area contributed by atoms with Crippen molar-refractivity contribution in [2.24, 2.45) is 5.92 Å². The number of urea groups is 1. The molecule has 5 N–H and O–H groups in total. The number of amides is 2. The number of carbonyl (C=O) groups is 1. The first-order valence-corrected chi connectivity index (χ1v) is 7.80. The summed E-state index contributed by atoms with van der Waals surface area (Å²) < 4.78 is 0. The standard InChI is InChI=1S/C15H22N6O/c1-9(10-5-3-2-4-6-10)18-15(22)19-13-7-12-11(8-17-13)14(16)21-20-12/h7-10H,2-6H2,1H3,(H3,16,20,21)(H2,17,18,19,22)/t9-/m1/s1. The predicted octanol–water partition coefficient (Wildman–Crippen LogP) is 2.63. The van der Waals surface area contributed by atoms with Gasteiger partial charge in [-0.25, -0.2) is 9.78 Å². The summed E-state index contributed by atoms with van der Waals surface area (Å²) in [5.41, 5.74) is 6.45. The average molecular weight is 302 g/mol. The highest BCUT2D eigenvalue weighted by Gasteiger charge is 2.21. The molecule has 1 saturated carbocycles. The summed E-state index contributed by atoms with van der Waals surface area (Å²) in [6.07, 6.45) is 7.83. The highest BCUT2D eigenvalue weighted by Crippen LogP contribution is 2.26. The molecule has 7 heteroatoms. The van der Waals surface area contributed by atoms with Gasteiger partial charge in [0.05, 0.1) is 10.9 Å². The summed E-state index contributed by atoms with van der Waals surface area (Å²) in [7, 11) is 0. The lowest BCUT2D eigenvalue weighted by Gasteiger charge is -2.28. The third kappa shape index (κ3) is 3.13. The van der Waals surface area contributed by atoms with E-state index in [1.54, 1.807) is 12.3 Å². The van der Waals surface area contributed by atoms with Crippen LogP contribution in [0.15, 0.2) is 12.3 Å². The van der Waals surface area contributed by atoms with Crippen LogP contribution in [0.1, 0.15) is 39.0 Å². The zero-order valence-corrected chi connectivity index (χ0v) is 12.7. The molecule has 22 heavy (non-hydrogen) atoms. The fourth-order valence-corrected chi connectivity index (χ4v) is 3.11. The van der Waals surface area contributed by atoms with Gasteiger partial charge in [0.2, 0.25) is 0 Å². The molecule has 2 amide bonds. The maximum atomic E-state index is 12.1. The lowest BCUT2D eigenvalue weighted by Crippen LogP contribution is -2.41. The van der Waals surface area contributed by atoms with Crippen LogP contribution >= 0.6 is 0 Å². The number of nitrogens with zero attached hydrogens (tertiary/aromatic N) is 2. The Morgan fingerprint density at radius 2 is 2.18 bits per heavy atom. The predicted molar refractivity (Wildman–Crippen MR) is 86.5 cm³/mol. The van der Waals surface area contributed by atoms with Crippen LogP contribution in [-0.2, 0) is 0 Å². The average Bonchev–Trinajstić information content (AvgIpc) is 2.89. The van der Waals surface area contributed by atoms with E-state index in [2.05, 4.69) is 32.7 Å². The fourth-order valence-electron chi connectivity index (χ4n) is 3.11. The number of pyridine rings is 1. The highest BCUT2D eigenvalue weighted by molar-refractivity contribution is 5.93. The van der Waals surface area contributed by atoms with Crippen LogP contribution in [0.3, 0.4) is 0 Å². The minimum absolute atomic E-state index is 0.173. The number of anilines is 2. The summed E-state index contributed by atoms with van der Waals surface area (Å²) >= 11 is 0. The Labute approximate surface area is 129 Å². The van der Waals surface area contributed by atoms with E-state index in [4.69, 9.17) is 5.73 Å². The molecule has 1 aliphatic rings. The van der Waals surface area contributed by atoms with Crippen LogP contribution in [0.2, 0.25) is 0 Å². The van der Waals surface area contributed by atoms with Gasteiger partial charge < -0.3 is 11.1 Å². The topological polar surface area (TPSA) is 109 Å². The largest absolute Gasteiger partial charge is 0.382 e. The maximum absolute atomic E-state index is 12.1. The van der Waals surface area contributed by atoms with Gasteiger partial charge >= 0.3 is 6.03 Å². The molecule has 0 aromatic carbocycles. The van der Waals surface area contributed by atoms with Crippen molar-refractivity contribution in [2.45, 2.75) is 45.1 Å². The Kier molecular flexibility index (Phi) is 4.13. The molecule has 1 aliphatic carbocycles. The lowest BCUT2D eigenvalue weighted by atomic mass is 9.85. The van der Waals surface area contributed by atoms with E-state index < -0.39 is 0 Å². The first kappa shape index (κ1) is 14.6. The first-order chi connectivity index (χ1) is 10.6. The van der Waals surface area contributed by atoms with Crippen molar-refractivity contribution in [1.82, 2.24) is 20.5 Å². The minimum Gasteiger partial charge on any atom is -0.382 e. The second-order valence-electron chi connectivity index (χ2n) is 6.01. The number of nitrogens with two attached hydrogens (primary N) is 1. The zero-order chi connectivity index (χ0) is 15.5. The number of hydrogen-bond donors (Lipinski definition) is 4. The molecular weight excluding hydrogens is 280 g/mol. The van der Waals surface area contributed by atoms with E-state index in [9.17, 15) is 4.79 Å². The van der Waals surface area contributed by atoms with Crippen LogP contribution in [0.5, 0.6) is 0 Å². The number of hydrogen-bond acceptors (Lipinski definition) is 4. The molecule has 2 heterocycles. The summed E-state index contributed by atoms with van der Waals surface area (Å²) in [5.74, 6) is 1.45. The summed E-state index contributed by atoms with van der Waals surface area (Å²) in [4.78, 5) is 16.3. The van der Waals surface area contributed by atoms with Gasteiger partial charge in [-0.1, -0.05) is 19.3 Å². The number of H-pyrrole nitrogens is 1. The number of carbonyl (C=O) groups excluding carboxylic acids is 1. The van der Waals surface area contributed by atoms with Gasteiger partial charge in [0.15, 0.2) is 5.82 Å². The van der Waals surface area contributed by atoms with Crippen molar-refractivity contribution in [3.63, 3.8) is 0 Å². The number of rotatable bonds is 3. The third-order valence-electron chi connectivity index (χ3n) is 4.43. The van der Waals surface area contributed by atoms with Crippen molar-refractivity contribution in [3.8, 4) is 0 Å². The summed E-state index contributed by atoms with van der Waals surface area (Å²) in [5, 5.41) is 13.2. The Bertz CT molecular complexity index is 661. The van der Waals surface area contributed by atoms with Gasteiger partial charge in [-0.3, -0.25) is 10.4 Å². The van der Waals surface area contributed by atoms with Gasteiger partial charge in [0.1, 0.15) is 5.82 Å². The van der Waals surface area contributed by atoms with Crippen molar-refractivity contribution in [2.75, 3.05) is 11.1 Å². The van der Waals surface area contributed by atoms with Gasteiger partial charge in [0, 0.05) is 18.3 Å². The van der Waals surface area contributed by atoms with Crippen molar-refractivity contribution in [3.05, 3.63) is 12.3 Å². The maximum Gasteiger partial charge on any atom is 0.320 e. The van der Waals surface area contributed by atoms with Gasteiger partial charge in [0.25, 0.3) is 0 Å². The SMILES string of the molecule is C[C@@H](NC(=O)Nc1cc2[nH]nc(N)c2cn1)C1CCCCC1. The molecular formula is C15H22N6O. The van der Waals surface area contributed by atoms with Crippen molar-refractivity contribution < 1.29 is 4.79 Å². The van der Waals surface area contributed by atoms with Gasteiger partial charge in [-0.2, -0.15) is 5.10 Å². The van der Waals surface area contributed by atoms with E-state index in [-0.39, 0.29) is 12.1 Å². The monoisotopic (exact) mass is 302 g/mol. The van der Waals surface area contributed by atoms with Crippen LogP contribution in [0.25, 0.3) is 10.9 Å². The van der Waals surface area contributed by atoms with Crippen molar-refractivity contribution in [1.29, 1.82) is 0 Å². The van der Waals surface area contributed by atoms with Gasteiger partial charge in [-0.05, 0) is 25.7 Å². The Morgan fingerprint density at radius 1 is 1.41 bits per heavy atom. The smallest absolute Gasteiger partial charge is 0.320 e. The second-order valence-corrected chi connectivity index (χ2v) is 6.01. The Balaban J connectivity index is 1.60. The van der Waals surface area contributed by atoms with E-state index in [0.717, 1.165) is 10.9 Å². The van der Waals surface area contributed by atoms with E-state index in [0.29, 0.717) is 17.6 Å². The normalized spacial score (nSPS) is 17.3. The molecule has 1 atom stereocenters. The van der Waals surface area contributed by atoms with Crippen LogP contribution in [0, 0.1) is 5.92 Å². The molecule has 7 nitrogen and oxygen atoms in total. The fraction of sp³-hybridized carbons (Fsp3) is 0.533. The molecule has 1 fully saturated rings. The summed E-state index contributed by atoms with van der Waals surface area (Å²) in [6.45, 7) is 2.07. The molecule has 2 aromatic heterocycles. The van der Waals surface area contributed by atoms with E-state index in [1.165, 1.54) is 32.1 Å². The molecule has 2 aromatic rings. The Morgan fingerprint density at radius 3 is 2.95 bits per heavy atom. The molecule has 0 saturated heterocycles. The second kappa shape index (κ2) is 6.21. The Hall–Kier alpha value is -2.31. The molecule has 0 radical (unpaired) electrons. The summed E-state index contributed by atoms with van der Waals surface area (Å²) in [6, 6.07) is 1.67. The van der Waals surface area contributed by atoms with E-state index in [1.807, 2.05) is 0 Å². The molecule has 0 aliphatic heterocycles. The van der Waals surface area contributed by atoms with Crippen LogP contribution in [0.4, 0.5) is 16.4 Å². The van der Waals surface area contributed by atoms with Crippen LogP contribution < -0.4 is 16.4 Å². The molecule has 0 unspecified atom stereocenters. The third-order valence-corrected chi connectivity index (χ3v) is 4.43.